The molecule has 0 spiro atoms. The van der Waals surface area contributed by atoms with Gasteiger partial charge in [0.1, 0.15) is 11.3 Å². The number of aryl methyl sites for hydroxylation is 1. The molecule has 6 nitrogen and oxygen atoms in total. The normalized spacial score (nSPS) is 20.3. The fourth-order valence-electron chi connectivity index (χ4n) is 3.17. The molecule has 2 aromatic heterocycles. The van der Waals surface area contributed by atoms with Crippen LogP contribution in [-0.4, -0.2) is 36.3 Å². The molecule has 1 saturated heterocycles. The van der Waals surface area contributed by atoms with Gasteiger partial charge in [0.15, 0.2) is 0 Å². The third kappa shape index (κ3) is 3.65. The number of nitrogens with one attached hydrogen (secondary N) is 1. The number of benzene rings is 1. The Morgan fingerprint density at radius 1 is 1.46 bits per heavy atom. The van der Waals surface area contributed by atoms with Gasteiger partial charge in [-0.05, 0) is 25.5 Å². The largest absolute Gasteiger partial charge is 0.461 e. The maximum Gasteiger partial charge on any atom is 0.255 e. The summed E-state index contributed by atoms with van der Waals surface area (Å²) in [6.07, 6.45) is 0.631. The summed E-state index contributed by atoms with van der Waals surface area (Å²) in [5, 5.41) is 5.94. The molecule has 1 aliphatic heterocycles. The zero-order valence-electron chi connectivity index (χ0n) is 14.4. The molecule has 0 aliphatic carbocycles. The molecule has 1 amide bonds. The number of amides is 1. The Hall–Kier alpha value is -2.22. The number of aromatic nitrogens is 1. The Balaban J connectivity index is 1.47. The minimum absolute atomic E-state index is 0.105. The van der Waals surface area contributed by atoms with Crippen molar-refractivity contribution in [1.29, 1.82) is 0 Å². The van der Waals surface area contributed by atoms with Gasteiger partial charge in [-0.15, -0.1) is 11.3 Å². The van der Waals surface area contributed by atoms with Gasteiger partial charge in [-0.25, -0.2) is 4.98 Å². The molecule has 0 saturated carbocycles. The lowest BCUT2D eigenvalue weighted by molar-refractivity contribution is -0.0611. The van der Waals surface area contributed by atoms with Crippen molar-refractivity contribution in [2.75, 3.05) is 13.2 Å². The first-order valence-electron chi connectivity index (χ1n) is 8.57. The number of carbonyl (C=O) groups excluding carboxylic acids is 1. The van der Waals surface area contributed by atoms with Crippen LogP contribution >= 0.6 is 11.3 Å². The third-order valence-corrected chi connectivity index (χ3v) is 5.09. The quantitative estimate of drug-likeness (QED) is 0.744. The molecular formula is C19H20N2O4S. The van der Waals surface area contributed by atoms with Gasteiger partial charge in [0.25, 0.3) is 5.91 Å². The highest BCUT2D eigenvalue weighted by molar-refractivity contribution is 7.07. The van der Waals surface area contributed by atoms with Gasteiger partial charge in [0.2, 0.25) is 0 Å². The zero-order chi connectivity index (χ0) is 17.9. The molecular weight excluding hydrogens is 352 g/mol. The van der Waals surface area contributed by atoms with E-state index in [4.69, 9.17) is 13.9 Å². The Morgan fingerprint density at radius 2 is 2.38 bits per heavy atom. The Labute approximate surface area is 155 Å². The van der Waals surface area contributed by atoms with E-state index in [2.05, 4.69) is 10.3 Å². The molecule has 1 aromatic carbocycles. The van der Waals surface area contributed by atoms with Crippen LogP contribution in [0.3, 0.4) is 0 Å². The van der Waals surface area contributed by atoms with E-state index in [9.17, 15) is 4.79 Å². The van der Waals surface area contributed by atoms with E-state index in [1.807, 2.05) is 30.5 Å². The van der Waals surface area contributed by atoms with Gasteiger partial charge in [0, 0.05) is 17.4 Å². The number of rotatable bonds is 5. The molecule has 0 radical (unpaired) electrons. The molecule has 136 valence electrons. The van der Waals surface area contributed by atoms with Crippen LogP contribution in [-0.2, 0) is 16.1 Å². The number of fused-ring (bicyclic) bond motifs is 1. The number of nitrogens with zero attached hydrogens (tertiary/aromatic N) is 1. The predicted molar refractivity (Wildman–Crippen MR) is 98.3 cm³/mol. The van der Waals surface area contributed by atoms with E-state index in [-0.39, 0.29) is 18.1 Å². The summed E-state index contributed by atoms with van der Waals surface area (Å²) in [5.41, 5.74) is 3.83. The topological polar surface area (TPSA) is 73.6 Å². The number of carbonyl (C=O) groups is 1. The van der Waals surface area contributed by atoms with Crippen molar-refractivity contribution < 1.29 is 18.7 Å². The first-order valence-corrected chi connectivity index (χ1v) is 9.51. The fraction of sp³-hybridized carbons (Fsp3) is 0.368. The minimum atomic E-state index is -0.207. The van der Waals surface area contributed by atoms with E-state index < -0.39 is 0 Å². The highest BCUT2D eigenvalue weighted by atomic mass is 32.1. The Kier molecular flexibility index (Phi) is 5.01. The molecule has 0 bridgehead atoms. The lowest BCUT2D eigenvalue weighted by atomic mass is 10.1. The summed E-state index contributed by atoms with van der Waals surface area (Å²) in [6.45, 7) is 3.37. The van der Waals surface area contributed by atoms with Gasteiger partial charge in [-0.1, -0.05) is 12.1 Å². The number of ether oxygens (including phenoxy) is 2. The fourth-order valence-corrected chi connectivity index (χ4v) is 3.71. The summed E-state index contributed by atoms with van der Waals surface area (Å²) in [5.74, 6) is 0.605. The molecule has 3 heterocycles. The minimum Gasteiger partial charge on any atom is -0.461 e. The first-order chi connectivity index (χ1) is 12.7. The molecule has 7 heteroatoms. The van der Waals surface area contributed by atoms with E-state index in [1.54, 1.807) is 22.9 Å². The molecule has 0 unspecified atom stereocenters. The summed E-state index contributed by atoms with van der Waals surface area (Å²) >= 11 is 1.54. The molecule has 3 aromatic rings. The summed E-state index contributed by atoms with van der Waals surface area (Å²) in [4.78, 5) is 17.1. The lowest BCUT2D eigenvalue weighted by Crippen LogP contribution is -2.50. The third-order valence-electron chi connectivity index (χ3n) is 4.45. The van der Waals surface area contributed by atoms with Gasteiger partial charge < -0.3 is 19.2 Å². The van der Waals surface area contributed by atoms with E-state index in [0.717, 1.165) is 23.3 Å². The average Bonchev–Trinajstić information content (AvgIpc) is 3.28. The lowest BCUT2D eigenvalue weighted by Gasteiger charge is -2.32. The zero-order valence-corrected chi connectivity index (χ0v) is 15.3. The molecule has 4 rings (SSSR count). The second-order valence-electron chi connectivity index (χ2n) is 6.35. The van der Waals surface area contributed by atoms with Crippen LogP contribution in [0.2, 0.25) is 0 Å². The van der Waals surface area contributed by atoms with Crippen LogP contribution in [0, 0.1) is 6.92 Å². The maximum absolute atomic E-state index is 12.8. The van der Waals surface area contributed by atoms with Crippen molar-refractivity contribution in [3.8, 4) is 0 Å². The second kappa shape index (κ2) is 7.57. The van der Waals surface area contributed by atoms with E-state index in [1.165, 1.54) is 0 Å². The maximum atomic E-state index is 12.8. The standard InChI is InChI=1S/C19H20N2O4S/c1-12-7-13-3-2-4-15(18(13)25-12)19(22)21-16-9-23-6-5-17(16)24-8-14-10-26-11-20-14/h2-4,7,10-11,16-17H,5-6,8-9H2,1H3,(H,21,22)/t16-,17+/m1/s1. The molecule has 1 N–H and O–H groups in total. The van der Waals surface area contributed by atoms with E-state index >= 15 is 0 Å². The number of para-hydroxylation sites is 1. The van der Waals surface area contributed by atoms with E-state index in [0.29, 0.717) is 31.0 Å². The summed E-state index contributed by atoms with van der Waals surface area (Å²) < 4.78 is 17.2. The summed E-state index contributed by atoms with van der Waals surface area (Å²) in [7, 11) is 0. The monoisotopic (exact) mass is 372 g/mol. The van der Waals surface area contributed by atoms with Crippen LogP contribution < -0.4 is 5.32 Å². The van der Waals surface area contributed by atoms with Gasteiger partial charge in [-0.3, -0.25) is 4.79 Å². The van der Waals surface area contributed by atoms with Gasteiger partial charge in [0.05, 0.1) is 42.1 Å². The van der Waals surface area contributed by atoms with Gasteiger partial charge >= 0.3 is 0 Å². The number of hydrogen-bond donors (Lipinski definition) is 1. The van der Waals surface area contributed by atoms with Crippen molar-refractivity contribution in [1.82, 2.24) is 10.3 Å². The van der Waals surface area contributed by atoms with Crippen molar-refractivity contribution >= 4 is 28.2 Å². The molecule has 1 aliphatic rings. The molecule has 1 fully saturated rings. The number of furan rings is 1. The van der Waals surface area contributed by atoms with Crippen LogP contribution in [0.4, 0.5) is 0 Å². The Morgan fingerprint density at radius 3 is 3.23 bits per heavy atom. The predicted octanol–water partition coefficient (Wildman–Crippen LogP) is 3.30. The van der Waals surface area contributed by atoms with Crippen LogP contribution in [0.25, 0.3) is 11.0 Å². The highest BCUT2D eigenvalue weighted by Crippen LogP contribution is 2.23. The van der Waals surface area contributed by atoms with Crippen molar-refractivity contribution in [3.05, 3.63) is 52.2 Å². The number of hydrogen-bond acceptors (Lipinski definition) is 6. The molecule has 2 atom stereocenters. The van der Waals surface area contributed by atoms with Crippen LogP contribution in [0.15, 0.2) is 39.6 Å². The van der Waals surface area contributed by atoms with Crippen LogP contribution in [0.1, 0.15) is 28.2 Å². The molecule has 26 heavy (non-hydrogen) atoms. The SMILES string of the molecule is Cc1cc2cccc(C(=O)N[C@@H]3COCC[C@@H]3OCc3cscn3)c2o1. The smallest absolute Gasteiger partial charge is 0.255 e. The second-order valence-corrected chi connectivity index (χ2v) is 7.07. The number of thiazole rings is 1. The van der Waals surface area contributed by atoms with Crippen LogP contribution in [0.5, 0.6) is 0 Å². The highest BCUT2D eigenvalue weighted by Gasteiger charge is 2.29. The van der Waals surface area contributed by atoms with Gasteiger partial charge in [-0.2, -0.15) is 0 Å². The van der Waals surface area contributed by atoms with Crippen molar-refractivity contribution in [3.63, 3.8) is 0 Å². The Bertz CT molecular complexity index is 890. The average molecular weight is 372 g/mol. The van der Waals surface area contributed by atoms with Crippen molar-refractivity contribution in [2.45, 2.75) is 32.1 Å². The van der Waals surface area contributed by atoms with Crippen molar-refractivity contribution in [2.24, 2.45) is 0 Å². The summed E-state index contributed by atoms with van der Waals surface area (Å²) in [6, 6.07) is 7.29. The first kappa shape index (κ1) is 17.2.